The van der Waals surface area contributed by atoms with Gasteiger partial charge >= 0.3 is 0 Å². The van der Waals surface area contributed by atoms with Gasteiger partial charge in [0.15, 0.2) is 5.65 Å². The number of nitrogens with zero attached hydrogens (tertiary/aromatic N) is 5. The van der Waals surface area contributed by atoms with Crippen LogP contribution in [0.5, 0.6) is 0 Å². The summed E-state index contributed by atoms with van der Waals surface area (Å²) in [4.78, 5) is 11.7. The Hall–Kier alpha value is -2.79. The third kappa shape index (κ3) is 1.81. The predicted octanol–water partition coefficient (Wildman–Crippen LogP) is 0.935. The van der Waals surface area contributed by atoms with E-state index in [9.17, 15) is 8.42 Å². The van der Waals surface area contributed by atoms with Crippen LogP contribution in [0.1, 0.15) is 5.56 Å². The van der Waals surface area contributed by atoms with E-state index in [1.54, 1.807) is 0 Å². The van der Waals surface area contributed by atoms with Gasteiger partial charge in [-0.2, -0.15) is 5.26 Å². The van der Waals surface area contributed by atoms with E-state index < -0.39 is 10.0 Å². The normalized spacial score (nSPS) is 11.3. The first-order chi connectivity index (χ1) is 9.63. The van der Waals surface area contributed by atoms with Crippen molar-refractivity contribution >= 4 is 21.2 Å². The lowest BCUT2D eigenvalue weighted by molar-refractivity contribution is 0.588. The molecular weight excluding hydrogens is 278 g/mol. The number of imidazole rings is 1. The highest BCUT2D eigenvalue weighted by molar-refractivity contribution is 7.90. The topological polar surface area (TPSA) is 102 Å². The van der Waals surface area contributed by atoms with Crippen molar-refractivity contribution in [3.05, 3.63) is 48.7 Å². The number of aromatic nitrogens is 4. The monoisotopic (exact) mass is 285 g/mol. The summed E-state index contributed by atoms with van der Waals surface area (Å²) >= 11 is 0. The van der Waals surface area contributed by atoms with Crippen molar-refractivity contribution in [1.29, 1.82) is 5.26 Å². The van der Waals surface area contributed by atoms with Crippen molar-refractivity contribution in [3.63, 3.8) is 0 Å². The lowest BCUT2D eigenvalue weighted by atomic mass is 10.2. The molecule has 1 aromatic carbocycles. The van der Waals surface area contributed by atoms with Crippen LogP contribution in [-0.4, -0.2) is 27.3 Å². The van der Waals surface area contributed by atoms with Crippen LogP contribution >= 0.6 is 0 Å². The zero-order valence-corrected chi connectivity index (χ0v) is 10.8. The molecule has 0 saturated heterocycles. The van der Waals surface area contributed by atoms with Crippen LogP contribution < -0.4 is 0 Å². The van der Waals surface area contributed by atoms with Gasteiger partial charge in [-0.25, -0.2) is 27.3 Å². The van der Waals surface area contributed by atoms with Crippen LogP contribution in [0, 0.1) is 11.3 Å². The second-order valence-corrected chi connectivity index (χ2v) is 5.73. The SMILES string of the molecule is N#Cc1ccc(S(=O)(=O)n2cnc3cncnc32)cc1. The standard InChI is InChI=1S/C12H7N5O2S/c13-5-9-1-3-10(4-2-9)20(18,19)17-8-16-11-6-14-7-15-12(11)17/h1-4,6-8H. The summed E-state index contributed by atoms with van der Waals surface area (Å²) in [5.41, 5.74) is 0.996. The zero-order chi connectivity index (χ0) is 14.2. The molecule has 0 fully saturated rings. The van der Waals surface area contributed by atoms with E-state index >= 15 is 0 Å². The average molecular weight is 285 g/mol. The van der Waals surface area contributed by atoms with Crippen LogP contribution in [0.4, 0.5) is 0 Å². The summed E-state index contributed by atoms with van der Waals surface area (Å²) in [5, 5.41) is 8.73. The lowest BCUT2D eigenvalue weighted by Gasteiger charge is -2.05. The molecule has 0 aliphatic rings. The fraction of sp³-hybridized carbons (Fsp3) is 0. The first-order valence-corrected chi connectivity index (χ1v) is 6.96. The van der Waals surface area contributed by atoms with Crippen molar-refractivity contribution in [1.82, 2.24) is 18.9 Å². The van der Waals surface area contributed by atoms with E-state index in [0.717, 1.165) is 3.97 Å². The van der Waals surface area contributed by atoms with Crippen LogP contribution in [0.2, 0.25) is 0 Å². The van der Waals surface area contributed by atoms with Crippen molar-refractivity contribution in [2.24, 2.45) is 0 Å². The molecule has 0 atom stereocenters. The Morgan fingerprint density at radius 2 is 1.90 bits per heavy atom. The van der Waals surface area contributed by atoms with Crippen LogP contribution in [0.15, 0.2) is 48.0 Å². The van der Waals surface area contributed by atoms with Gasteiger partial charge in [-0.15, -0.1) is 0 Å². The maximum atomic E-state index is 12.5. The highest BCUT2D eigenvalue weighted by Crippen LogP contribution is 2.18. The van der Waals surface area contributed by atoms with Crippen molar-refractivity contribution in [2.75, 3.05) is 0 Å². The third-order valence-electron chi connectivity index (χ3n) is 2.72. The summed E-state index contributed by atoms with van der Waals surface area (Å²) in [5.74, 6) is 0. The molecule has 0 spiro atoms. The maximum absolute atomic E-state index is 12.5. The van der Waals surface area contributed by atoms with Crippen LogP contribution in [0.25, 0.3) is 11.2 Å². The van der Waals surface area contributed by atoms with Gasteiger partial charge in [0, 0.05) is 0 Å². The molecule has 20 heavy (non-hydrogen) atoms. The Morgan fingerprint density at radius 3 is 2.60 bits per heavy atom. The second-order valence-electron chi connectivity index (χ2n) is 3.91. The zero-order valence-electron chi connectivity index (χ0n) is 10.0. The molecule has 98 valence electrons. The third-order valence-corrected chi connectivity index (χ3v) is 4.38. The molecule has 0 unspecified atom stereocenters. The number of hydrogen-bond donors (Lipinski definition) is 0. The largest absolute Gasteiger partial charge is 0.270 e. The minimum atomic E-state index is -3.79. The number of hydrogen-bond acceptors (Lipinski definition) is 6. The molecule has 0 amide bonds. The Balaban J connectivity index is 2.18. The second kappa shape index (κ2) is 4.40. The predicted molar refractivity (Wildman–Crippen MR) is 69.1 cm³/mol. The molecule has 3 rings (SSSR count). The molecule has 2 aromatic heterocycles. The number of benzene rings is 1. The van der Waals surface area contributed by atoms with Gasteiger partial charge in [0.25, 0.3) is 10.0 Å². The smallest absolute Gasteiger partial charge is 0.242 e. The molecule has 0 saturated carbocycles. The highest BCUT2D eigenvalue weighted by Gasteiger charge is 2.20. The fourth-order valence-electron chi connectivity index (χ4n) is 1.74. The van der Waals surface area contributed by atoms with Crippen LogP contribution in [0.3, 0.4) is 0 Å². The van der Waals surface area contributed by atoms with Gasteiger partial charge in [-0.1, -0.05) is 0 Å². The van der Waals surface area contributed by atoms with Gasteiger partial charge < -0.3 is 0 Å². The van der Waals surface area contributed by atoms with E-state index in [4.69, 9.17) is 5.26 Å². The molecule has 2 heterocycles. The first-order valence-electron chi connectivity index (χ1n) is 5.52. The van der Waals surface area contributed by atoms with Gasteiger partial charge in [0.05, 0.1) is 22.7 Å². The summed E-state index contributed by atoms with van der Waals surface area (Å²) in [7, 11) is -3.79. The molecular formula is C12H7N5O2S. The Labute approximate surface area is 114 Å². The van der Waals surface area contributed by atoms with Gasteiger partial charge in [-0.3, -0.25) is 0 Å². The van der Waals surface area contributed by atoms with E-state index in [-0.39, 0.29) is 10.5 Å². The Morgan fingerprint density at radius 1 is 1.15 bits per heavy atom. The summed E-state index contributed by atoms with van der Waals surface area (Å²) in [6, 6.07) is 7.58. The van der Waals surface area contributed by atoms with Crippen molar-refractivity contribution in [2.45, 2.75) is 4.90 Å². The van der Waals surface area contributed by atoms with Crippen molar-refractivity contribution in [3.8, 4) is 6.07 Å². The van der Waals surface area contributed by atoms with Gasteiger partial charge in [-0.05, 0) is 24.3 Å². The Bertz CT molecular complexity index is 922. The maximum Gasteiger partial charge on any atom is 0.270 e. The minimum Gasteiger partial charge on any atom is -0.242 e. The molecule has 8 heteroatoms. The van der Waals surface area contributed by atoms with Crippen molar-refractivity contribution < 1.29 is 8.42 Å². The molecule has 0 bridgehead atoms. The van der Waals surface area contributed by atoms with Crippen LogP contribution in [-0.2, 0) is 10.0 Å². The first kappa shape index (κ1) is 12.3. The fourth-order valence-corrected chi connectivity index (χ4v) is 2.98. The van der Waals surface area contributed by atoms with E-state index in [1.807, 2.05) is 6.07 Å². The molecule has 0 aliphatic carbocycles. The minimum absolute atomic E-state index is 0.0643. The molecule has 3 aromatic rings. The van der Waals surface area contributed by atoms with E-state index in [0.29, 0.717) is 11.1 Å². The molecule has 0 N–H and O–H groups in total. The number of fused-ring (bicyclic) bond motifs is 1. The van der Waals surface area contributed by atoms with Gasteiger partial charge in [0.1, 0.15) is 18.2 Å². The van der Waals surface area contributed by atoms with E-state index in [2.05, 4.69) is 15.0 Å². The summed E-state index contributed by atoms with van der Waals surface area (Å²) in [6.07, 6.45) is 3.88. The lowest BCUT2D eigenvalue weighted by Crippen LogP contribution is -2.12. The average Bonchev–Trinajstić information content (AvgIpc) is 2.92. The van der Waals surface area contributed by atoms with E-state index in [1.165, 1.54) is 43.1 Å². The summed E-state index contributed by atoms with van der Waals surface area (Å²) in [6.45, 7) is 0. The van der Waals surface area contributed by atoms with Gasteiger partial charge in [0.2, 0.25) is 0 Å². The molecule has 0 radical (unpaired) electrons. The molecule has 7 nitrogen and oxygen atoms in total. The highest BCUT2D eigenvalue weighted by atomic mass is 32.2. The quantitative estimate of drug-likeness (QED) is 0.694. The summed E-state index contributed by atoms with van der Waals surface area (Å²) < 4.78 is 26.0. The number of rotatable bonds is 2. The molecule has 0 aliphatic heterocycles. The Kier molecular flexibility index (Phi) is 2.69. The number of nitriles is 1.